The molecule has 0 saturated heterocycles. The van der Waals surface area contributed by atoms with Gasteiger partial charge in [0.05, 0.1) is 15.9 Å². The number of H-pyrrole nitrogens is 2. The normalized spacial score (nSPS) is 11.8. The number of benzene rings is 1. The summed E-state index contributed by atoms with van der Waals surface area (Å²) in [5.41, 5.74) is 0.437. The van der Waals surface area contributed by atoms with Crippen molar-refractivity contribution in [3.8, 4) is 0 Å². The molecule has 2 aromatic heterocycles. The second kappa shape index (κ2) is 4.10. The summed E-state index contributed by atoms with van der Waals surface area (Å²) in [7, 11) is -3.71. The van der Waals surface area contributed by atoms with Gasteiger partial charge in [-0.15, -0.1) is 0 Å². The van der Waals surface area contributed by atoms with Crippen molar-refractivity contribution in [2.45, 2.75) is 9.79 Å². The first-order chi connectivity index (χ1) is 9.09. The second-order valence-corrected chi connectivity index (χ2v) is 6.00. The number of aromatic nitrogens is 2. The molecule has 19 heavy (non-hydrogen) atoms. The van der Waals surface area contributed by atoms with Gasteiger partial charge < -0.3 is 9.97 Å². The van der Waals surface area contributed by atoms with Crippen LogP contribution in [-0.2, 0) is 9.84 Å². The maximum absolute atomic E-state index is 12.5. The van der Waals surface area contributed by atoms with Gasteiger partial charge in [-0.2, -0.15) is 0 Å². The standard InChI is InChI=1S/C13H10N2O3S/c16-12-8-11(13-10(15-12)6-7-14-13)19(17,18)9-4-2-1-3-5-9/h1-8,14H,(H,15,16). The molecule has 96 valence electrons. The van der Waals surface area contributed by atoms with Crippen LogP contribution >= 0.6 is 0 Å². The Morgan fingerprint density at radius 2 is 1.74 bits per heavy atom. The minimum atomic E-state index is -3.71. The van der Waals surface area contributed by atoms with Crippen molar-refractivity contribution >= 4 is 20.9 Å². The van der Waals surface area contributed by atoms with Crippen molar-refractivity contribution in [3.05, 3.63) is 59.0 Å². The summed E-state index contributed by atoms with van der Waals surface area (Å²) in [4.78, 5) is 17.1. The van der Waals surface area contributed by atoms with Crippen molar-refractivity contribution in [3.63, 3.8) is 0 Å². The van der Waals surface area contributed by atoms with Crippen LogP contribution in [0.25, 0.3) is 11.0 Å². The minimum absolute atomic E-state index is 0.0116. The van der Waals surface area contributed by atoms with Crippen molar-refractivity contribution in [2.75, 3.05) is 0 Å². The van der Waals surface area contributed by atoms with E-state index in [1.807, 2.05) is 0 Å². The predicted molar refractivity (Wildman–Crippen MR) is 70.8 cm³/mol. The lowest BCUT2D eigenvalue weighted by Crippen LogP contribution is -2.10. The fourth-order valence-corrected chi connectivity index (χ4v) is 3.45. The van der Waals surface area contributed by atoms with E-state index in [9.17, 15) is 13.2 Å². The van der Waals surface area contributed by atoms with Gasteiger partial charge >= 0.3 is 0 Å². The van der Waals surface area contributed by atoms with Gasteiger partial charge in [-0.05, 0) is 18.2 Å². The van der Waals surface area contributed by atoms with Gasteiger partial charge in [-0.3, -0.25) is 4.79 Å². The molecule has 5 nitrogen and oxygen atoms in total. The molecule has 0 spiro atoms. The molecule has 2 N–H and O–H groups in total. The summed E-state index contributed by atoms with van der Waals surface area (Å²) in [5, 5.41) is 0. The van der Waals surface area contributed by atoms with Crippen molar-refractivity contribution in [1.82, 2.24) is 9.97 Å². The van der Waals surface area contributed by atoms with Crippen molar-refractivity contribution < 1.29 is 8.42 Å². The molecule has 0 radical (unpaired) electrons. The van der Waals surface area contributed by atoms with Crippen LogP contribution in [0.1, 0.15) is 0 Å². The van der Waals surface area contributed by atoms with E-state index in [4.69, 9.17) is 0 Å². The quantitative estimate of drug-likeness (QED) is 0.746. The second-order valence-electron chi connectivity index (χ2n) is 4.08. The average molecular weight is 274 g/mol. The molecule has 0 atom stereocenters. The number of fused-ring (bicyclic) bond motifs is 1. The van der Waals surface area contributed by atoms with Crippen LogP contribution in [0, 0.1) is 0 Å². The van der Waals surface area contributed by atoms with Crippen molar-refractivity contribution in [2.24, 2.45) is 0 Å². The molecule has 0 saturated carbocycles. The fraction of sp³-hybridized carbons (Fsp3) is 0. The van der Waals surface area contributed by atoms with E-state index in [1.165, 1.54) is 12.1 Å². The zero-order chi connectivity index (χ0) is 13.5. The Balaban J connectivity index is 2.36. The molecular weight excluding hydrogens is 264 g/mol. The lowest BCUT2D eigenvalue weighted by molar-refractivity contribution is 0.596. The van der Waals surface area contributed by atoms with Crippen LogP contribution in [0.2, 0.25) is 0 Å². The summed E-state index contributed by atoms with van der Waals surface area (Å²) >= 11 is 0. The van der Waals surface area contributed by atoms with Crippen LogP contribution in [-0.4, -0.2) is 18.4 Å². The van der Waals surface area contributed by atoms with Gasteiger partial charge in [0, 0.05) is 12.3 Å². The predicted octanol–water partition coefficient (Wildman–Crippen LogP) is 1.69. The van der Waals surface area contributed by atoms with Crippen LogP contribution in [0.5, 0.6) is 0 Å². The van der Waals surface area contributed by atoms with Gasteiger partial charge in [0.25, 0.3) is 0 Å². The number of pyridine rings is 1. The van der Waals surface area contributed by atoms with E-state index in [0.717, 1.165) is 6.07 Å². The smallest absolute Gasteiger partial charge is 0.249 e. The molecule has 0 unspecified atom stereocenters. The van der Waals surface area contributed by atoms with Gasteiger partial charge in [-0.1, -0.05) is 18.2 Å². The zero-order valence-corrected chi connectivity index (χ0v) is 10.6. The molecule has 6 heteroatoms. The third-order valence-electron chi connectivity index (χ3n) is 2.86. The van der Waals surface area contributed by atoms with E-state index >= 15 is 0 Å². The van der Waals surface area contributed by atoms with E-state index < -0.39 is 15.4 Å². The topological polar surface area (TPSA) is 82.8 Å². The number of hydrogen-bond donors (Lipinski definition) is 2. The molecule has 0 aliphatic heterocycles. The summed E-state index contributed by atoms with van der Waals surface area (Å²) in [6, 6.07) is 10.8. The molecule has 0 aliphatic rings. The average Bonchev–Trinajstić information content (AvgIpc) is 2.86. The third kappa shape index (κ3) is 1.86. The maximum Gasteiger partial charge on any atom is 0.249 e. The Bertz CT molecular complexity index is 892. The lowest BCUT2D eigenvalue weighted by atomic mass is 10.4. The SMILES string of the molecule is O=c1cc(S(=O)(=O)c2ccccc2)c2[nH]ccc2[nH]1. The monoisotopic (exact) mass is 274 g/mol. The summed E-state index contributed by atoms with van der Waals surface area (Å²) in [6.45, 7) is 0. The molecule has 1 aromatic carbocycles. The van der Waals surface area contributed by atoms with Crippen molar-refractivity contribution in [1.29, 1.82) is 0 Å². The van der Waals surface area contributed by atoms with E-state index in [-0.39, 0.29) is 9.79 Å². The van der Waals surface area contributed by atoms with Crippen LogP contribution in [0.15, 0.2) is 63.2 Å². The highest BCUT2D eigenvalue weighted by atomic mass is 32.2. The largest absolute Gasteiger partial charge is 0.359 e. The number of hydrogen-bond acceptors (Lipinski definition) is 3. The summed E-state index contributed by atoms with van der Waals surface area (Å²) in [6.07, 6.45) is 1.59. The molecule has 0 aliphatic carbocycles. The van der Waals surface area contributed by atoms with Crippen LogP contribution in [0.3, 0.4) is 0 Å². The fourth-order valence-electron chi connectivity index (χ4n) is 1.98. The Labute approximate surface area is 108 Å². The Morgan fingerprint density at radius 1 is 1.00 bits per heavy atom. The van der Waals surface area contributed by atoms with Crippen LogP contribution < -0.4 is 5.56 Å². The van der Waals surface area contributed by atoms with Gasteiger partial charge in [0.15, 0.2) is 0 Å². The highest BCUT2D eigenvalue weighted by molar-refractivity contribution is 7.91. The molecule has 3 rings (SSSR count). The van der Waals surface area contributed by atoms with Gasteiger partial charge in [-0.25, -0.2) is 8.42 Å². The minimum Gasteiger partial charge on any atom is -0.359 e. The van der Waals surface area contributed by atoms with E-state index in [1.54, 1.807) is 30.5 Å². The third-order valence-corrected chi connectivity index (χ3v) is 4.65. The first kappa shape index (κ1) is 11.7. The first-order valence-electron chi connectivity index (χ1n) is 5.59. The highest BCUT2D eigenvalue weighted by Gasteiger charge is 2.21. The summed E-state index contributed by atoms with van der Waals surface area (Å²) < 4.78 is 25.1. The summed E-state index contributed by atoms with van der Waals surface area (Å²) in [5.74, 6) is 0. The Morgan fingerprint density at radius 3 is 2.47 bits per heavy atom. The highest BCUT2D eigenvalue weighted by Crippen LogP contribution is 2.24. The molecule has 0 fully saturated rings. The van der Waals surface area contributed by atoms with Gasteiger partial charge in [0.1, 0.15) is 4.90 Å². The zero-order valence-electron chi connectivity index (χ0n) is 9.75. The molecule has 3 aromatic rings. The van der Waals surface area contributed by atoms with Crippen LogP contribution in [0.4, 0.5) is 0 Å². The Hall–Kier alpha value is -2.34. The lowest BCUT2D eigenvalue weighted by Gasteiger charge is -2.05. The number of aromatic amines is 2. The first-order valence-corrected chi connectivity index (χ1v) is 7.08. The maximum atomic E-state index is 12.5. The molecular formula is C13H10N2O3S. The van der Waals surface area contributed by atoms with E-state index in [2.05, 4.69) is 9.97 Å². The number of sulfone groups is 1. The van der Waals surface area contributed by atoms with E-state index in [0.29, 0.717) is 11.0 Å². The Kier molecular flexibility index (Phi) is 2.53. The van der Waals surface area contributed by atoms with Gasteiger partial charge in [0.2, 0.25) is 15.4 Å². The number of nitrogens with one attached hydrogen (secondary N) is 2. The molecule has 2 heterocycles. The number of rotatable bonds is 2. The molecule has 0 amide bonds. The molecule has 0 bridgehead atoms.